The molecule has 0 radical (unpaired) electrons. The summed E-state index contributed by atoms with van der Waals surface area (Å²) in [7, 11) is 0. The number of carbonyl (C=O) groups is 1. The lowest BCUT2D eigenvalue weighted by atomic mass is 9.75. The van der Waals surface area contributed by atoms with Crippen molar-refractivity contribution in [3.63, 3.8) is 0 Å². The van der Waals surface area contributed by atoms with E-state index in [1.807, 2.05) is 26.8 Å². The number of halogens is 1. The lowest BCUT2D eigenvalue weighted by Gasteiger charge is -2.36. The normalized spacial score (nSPS) is 18.2. The number of hydrogen-bond acceptors (Lipinski definition) is 4. The first kappa shape index (κ1) is 20.6. The Morgan fingerprint density at radius 3 is 2.50 bits per heavy atom. The molecule has 1 aliphatic heterocycles. The number of aromatic nitrogens is 2. The summed E-state index contributed by atoms with van der Waals surface area (Å²) in [5, 5.41) is 10.4. The van der Waals surface area contributed by atoms with Gasteiger partial charge in [0.25, 0.3) is 5.91 Å². The van der Waals surface area contributed by atoms with Crippen molar-refractivity contribution in [2.24, 2.45) is 0 Å². The third-order valence-corrected chi connectivity index (χ3v) is 6.60. The molecule has 0 unspecified atom stereocenters. The van der Waals surface area contributed by atoms with Gasteiger partial charge in [0.15, 0.2) is 5.69 Å². The largest absolute Gasteiger partial charge is 0.501 e. The summed E-state index contributed by atoms with van der Waals surface area (Å²) in [4.78, 5) is 31.3. The summed E-state index contributed by atoms with van der Waals surface area (Å²) in [6.45, 7) is 6.65. The van der Waals surface area contributed by atoms with E-state index in [4.69, 9.17) is 0 Å². The molecule has 1 saturated carbocycles. The number of nitrogens with zero attached hydrogens (tertiary/aromatic N) is 3. The van der Waals surface area contributed by atoms with Crippen LogP contribution in [0.1, 0.15) is 67.0 Å². The van der Waals surface area contributed by atoms with Crippen LogP contribution in [-0.2, 0) is 18.4 Å². The van der Waals surface area contributed by atoms with E-state index in [0.29, 0.717) is 25.3 Å². The van der Waals surface area contributed by atoms with Gasteiger partial charge >= 0.3 is 5.56 Å². The van der Waals surface area contributed by atoms with Gasteiger partial charge in [-0.1, -0.05) is 18.9 Å². The Kier molecular flexibility index (Phi) is 5.16. The maximum Gasteiger partial charge on any atom is 0.315 e. The van der Waals surface area contributed by atoms with E-state index in [1.54, 1.807) is 15.5 Å². The third-order valence-electron chi connectivity index (χ3n) is 6.60. The van der Waals surface area contributed by atoms with Crippen LogP contribution in [0.4, 0.5) is 4.39 Å². The fourth-order valence-corrected chi connectivity index (χ4v) is 5.08. The van der Waals surface area contributed by atoms with Crippen LogP contribution < -0.4 is 5.56 Å². The molecule has 0 atom stereocenters. The van der Waals surface area contributed by atoms with Crippen molar-refractivity contribution in [1.82, 2.24) is 14.5 Å². The van der Waals surface area contributed by atoms with Gasteiger partial charge in [-0.3, -0.25) is 9.59 Å². The van der Waals surface area contributed by atoms with Gasteiger partial charge in [-0.15, -0.1) is 0 Å². The molecule has 1 N–H and O–H groups in total. The van der Waals surface area contributed by atoms with Gasteiger partial charge < -0.3 is 14.6 Å². The molecule has 2 aromatic rings. The van der Waals surface area contributed by atoms with Gasteiger partial charge in [-0.05, 0) is 56.9 Å². The van der Waals surface area contributed by atoms with E-state index >= 15 is 0 Å². The van der Waals surface area contributed by atoms with Crippen LogP contribution in [0.2, 0.25) is 0 Å². The molecule has 1 aliphatic carbocycles. The maximum atomic E-state index is 14.2. The van der Waals surface area contributed by atoms with E-state index < -0.39 is 11.3 Å². The molecule has 7 heteroatoms. The highest BCUT2D eigenvalue weighted by Gasteiger charge is 2.39. The van der Waals surface area contributed by atoms with Gasteiger partial charge in [-0.25, -0.2) is 4.39 Å². The summed E-state index contributed by atoms with van der Waals surface area (Å²) in [6.07, 6.45) is 4.21. The number of benzene rings is 1. The molecule has 6 nitrogen and oxygen atoms in total. The van der Waals surface area contributed by atoms with Crippen LogP contribution >= 0.6 is 0 Å². The first-order valence-corrected chi connectivity index (χ1v) is 10.6. The molecular weight excluding hydrogens is 385 g/mol. The van der Waals surface area contributed by atoms with Crippen molar-refractivity contribution in [2.75, 3.05) is 6.54 Å². The average Bonchev–Trinajstić information content (AvgIpc) is 3.14. The first-order chi connectivity index (χ1) is 14.2. The molecular formula is C23H28FN3O3. The van der Waals surface area contributed by atoms with Crippen molar-refractivity contribution in [1.29, 1.82) is 0 Å². The second-order valence-corrected chi connectivity index (χ2v) is 8.96. The molecule has 0 spiro atoms. The Hall–Kier alpha value is -2.70. The second-order valence-electron chi connectivity index (χ2n) is 8.96. The Labute approximate surface area is 175 Å². The van der Waals surface area contributed by atoms with E-state index in [0.717, 1.165) is 36.8 Å². The average molecular weight is 413 g/mol. The van der Waals surface area contributed by atoms with Crippen LogP contribution in [0, 0.1) is 12.7 Å². The maximum absolute atomic E-state index is 14.2. The molecule has 0 saturated heterocycles. The third kappa shape index (κ3) is 3.40. The van der Waals surface area contributed by atoms with E-state index in [9.17, 15) is 19.1 Å². The number of carbonyl (C=O) groups excluding carboxylic acids is 1. The molecule has 1 amide bonds. The highest BCUT2D eigenvalue weighted by Crippen LogP contribution is 2.44. The minimum absolute atomic E-state index is 0.0218. The highest BCUT2D eigenvalue weighted by atomic mass is 19.1. The molecule has 160 valence electrons. The second kappa shape index (κ2) is 7.52. The van der Waals surface area contributed by atoms with Crippen LogP contribution in [0.15, 0.2) is 23.0 Å². The van der Waals surface area contributed by atoms with E-state index in [-0.39, 0.29) is 28.9 Å². The monoisotopic (exact) mass is 413 g/mol. The Bertz CT molecular complexity index is 1030. The molecule has 4 rings (SSSR count). The smallest absolute Gasteiger partial charge is 0.315 e. The number of amides is 1. The van der Waals surface area contributed by atoms with Gasteiger partial charge in [0.1, 0.15) is 11.6 Å². The molecule has 30 heavy (non-hydrogen) atoms. The standard InChI is InChI=1S/C23H28FN3O3/c1-14(2)26-8-9-27-18(25-21(29)20(28)19(27)22(26)30)13-23(6-4-5-7-23)16-10-15(3)11-17(24)12-16/h10-12,14,28H,4-9,13H2,1-3H3. The molecule has 1 fully saturated rings. The summed E-state index contributed by atoms with van der Waals surface area (Å²) >= 11 is 0. The summed E-state index contributed by atoms with van der Waals surface area (Å²) in [6, 6.07) is 5.07. The fraction of sp³-hybridized carbons (Fsp3) is 0.522. The topological polar surface area (TPSA) is 75.4 Å². The SMILES string of the molecule is Cc1cc(F)cc(C2(Cc3nc(=O)c(O)c4n3CCN(C(C)C)C4=O)CCCC2)c1. The number of hydrogen-bond donors (Lipinski definition) is 1. The zero-order valence-corrected chi connectivity index (χ0v) is 17.7. The molecule has 1 aromatic heterocycles. The van der Waals surface area contributed by atoms with Crippen LogP contribution in [-0.4, -0.2) is 38.1 Å². The number of fused-ring (bicyclic) bond motifs is 1. The van der Waals surface area contributed by atoms with Crippen molar-refractivity contribution >= 4 is 5.91 Å². The zero-order chi connectivity index (χ0) is 21.6. The molecule has 0 bridgehead atoms. The first-order valence-electron chi connectivity index (χ1n) is 10.6. The summed E-state index contributed by atoms with van der Waals surface area (Å²) < 4.78 is 15.9. The summed E-state index contributed by atoms with van der Waals surface area (Å²) in [5.41, 5.74) is 0.687. The minimum Gasteiger partial charge on any atom is -0.501 e. The number of rotatable bonds is 4. The summed E-state index contributed by atoms with van der Waals surface area (Å²) in [5.74, 6) is -0.710. The molecule has 2 aliphatic rings. The van der Waals surface area contributed by atoms with Crippen LogP contribution in [0.5, 0.6) is 5.75 Å². The zero-order valence-electron chi connectivity index (χ0n) is 17.7. The van der Waals surface area contributed by atoms with Crippen molar-refractivity contribution in [2.45, 2.75) is 70.9 Å². The van der Waals surface area contributed by atoms with Crippen molar-refractivity contribution in [3.05, 3.63) is 57.0 Å². The predicted octanol–water partition coefficient (Wildman–Crippen LogP) is 3.32. The lowest BCUT2D eigenvalue weighted by Crippen LogP contribution is -2.46. The lowest BCUT2D eigenvalue weighted by molar-refractivity contribution is 0.0636. The van der Waals surface area contributed by atoms with Gasteiger partial charge in [-0.2, -0.15) is 4.98 Å². The van der Waals surface area contributed by atoms with Gasteiger partial charge in [0.2, 0.25) is 5.75 Å². The number of aryl methyl sites for hydroxylation is 1. The Morgan fingerprint density at radius 2 is 1.87 bits per heavy atom. The Balaban J connectivity index is 1.82. The van der Waals surface area contributed by atoms with E-state index in [2.05, 4.69) is 4.98 Å². The van der Waals surface area contributed by atoms with Crippen molar-refractivity contribution in [3.8, 4) is 5.75 Å². The van der Waals surface area contributed by atoms with Crippen LogP contribution in [0.3, 0.4) is 0 Å². The molecule has 1 aromatic carbocycles. The van der Waals surface area contributed by atoms with Gasteiger partial charge in [0, 0.05) is 31.0 Å². The fourth-order valence-electron chi connectivity index (χ4n) is 5.08. The van der Waals surface area contributed by atoms with E-state index in [1.165, 1.54) is 6.07 Å². The predicted molar refractivity (Wildman–Crippen MR) is 111 cm³/mol. The minimum atomic E-state index is -0.779. The number of aromatic hydroxyl groups is 1. The molecule has 2 heterocycles. The quantitative estimate of drug-likeness (QED) is 0.834. The Morgan fingerprint density at radius 1 is 1.17 bits per heavy atom. The highest BCUT2D eigenvalue weighted by molar-refractivity contribution is 5.95. The van der Waals surface area contributed by atoms with Crippen LogP contribution in [0.25, 0.3) is 0 Å². The van der Waals surface area contributed by atoms with Gasteiger partial charge in [0.05, 0.1) is 0 Å². The van der Waals surface area contributed by atoms with Crippen molar-refractivity contribution < 1.29 is 14.3 Å².